The van der Waals surface area contributed by atoms with Crippen LogP contribution in [0.15, 0.2) is 18.5 Å². The zero-order chi connectivity index (χ0) is 12.8. The summed E-state index contributed by atoms with van der Waals surface area (Å²) >= 11 is 0. The Balaban J connectivity index is 2.96. The van der Waals surface area contributed by atoms with E-state index in [1.165, 1.54) is 24.8 Å². The van der Waals surface area contributed by atoms with Crippen molar-refractivity contribution in [3.63, 3.8) is 0 Å². The van der Waals surface area contributed by atoms with Crippen LogP contribution >= 0.6 is 0 Å². The van der Waals surface area contributed by atoms with Crippen molar-refractivity contribution in [3.8, 4) is 0 Å². The zero-order valence-corrected chi connectivity index (χ0v) is 12.2. The van der Waals surface area contributed by atoms with Gasteiger partial charge in [-0.25, -0.2) is 0 Å². The van der Waals surface area contributed by atoms with E-state index in [1.54, 1.807) is 0 Å². The summed E-state index contributed by atoms with van der Waals surface area (Å²) < 4.78 is 0. The van der Waals surface area contributed by atoms with Gasteiger partial charge in [-0.15, -0.1) is 0 Å². The van der Waals surface area contributed by atoms with Crippen molar-refractivity contribution in [2.75, 3.05) is 0 Å². The number of nitrogens with one attached hydrogen (secondary N) is 1. The Kier molecular flexibility index (Phi) is 5.80. The fourth-order valence-electron chi connectivity index (χ4n) is 3.11. The summed E-state index contributed by atoms with van der Waals surface area (Å²) in [6.07, 6.45) is 8.10. The van der Waals surface area contributed by atoms with Crippen LogP contribution in [0.5, 0.6) is 0 Å². The van der Waals surface area contributed by atoms with Crippen LogP contribution in [0.4, 0.5) is 0 Å². The third kappa shape index (κ3) is 3.37. The Hall–Kier alpha value is -0.720. The summed E-state index contributed by atoms with van der Waals surface area (Å²) in [5, 5.41) is 0. The lowest BCUT2D eigenvalue weighted by Gasteiger charge is -2.34. The number of rotatable bonds is 7. The number of hydrogen-bond donors (Lipinski definition) is 1. The van der Waals surface area contributed by atoms with Crippen LogP contribution in [0.1, 0.15) is 65.4 Å². The second-order valence-corrected chi connectivity index (χ2v) is 5.51. The van der Waals surface area contributed by atoms with Crippen LogP contribution in [-0.2, 0) is 0 Å². The summed E-state index contributed by atoms with van der Waals surface area (Å²) in [5.41, 5.74) is 1.51. The van der Waals surface area contributed by atoms with Gasteiger partial charge in [-0.3, -0.25) is 0 Å². The molecule has 4 unspecified atom stereocenters. The normalized spacial score (nSPS) is 18.6. The number of hydrogen-bond acceptors (Lipinski definition) is 0. The third-order valence-electron chi connectivity index (χ3n) is 4.57. The van der Waals surface area contributed by atoms with Gasteiger partial charge in [0.2, 0.25) is 0 Å². The maximum atomic E-state index is 3.23. The van der Waals surface area contributed by atoms with Crippen LogP contribution in [-0.4, -0.2) is 4.98 Å². The van der Waals surface area contributed by atoms with E-state index >= 15 is 0 Å². The second-order valence-electron chi connectivity index (χ2n) is 5.51. The first-order chi connectivity index (χ1) is 8.15. The highest BCUT2D eigenvalue weighted by molar-refractivity contribution is 5.17. The Morgan fingerprint density at radius 3 is 2.06 bits per heavy atom. The van der Waals surface area contributed by atoms with Crippen molar-refractivity contribution in [1.82, 2.24) is 4.98 Å². The standard InChI is InChI=1S/C16H29N/c1-6-12(4)15(8-3)16(13(5)7-2)14-9-10-17-11-14/h9-13,15-17H,6-8H2,1-5H3. The van der Waals surface area contributed by atoms with Crippen LogP contribution in [0, 0.1) is 17.8 Å². The van der Waals surface area contributed by atoms with Crippen LogP contribution in [0.3, 0.4) is 0 Å². The monoisotopic (exact) mass is 235 g/mol. The largest absolute Gasteiger partial charge is 0.367 e. The van der Waals surface area contributed by atoms with Gasteiger partial charge in [0.15, 0.2) is 0 Å². The molecule has 1 aromatic rings. The molecule has 0 saturated heterocycles. The summed E-state index contributed by atoms with van der Waals surface area (Å²) in [7, 11) is 0. The summed E-state index contributed by atoms with van der Waals surface area (Å²) in [6, 6.07) is 2.27. The molecule has 17 heavy (non-hydrogen) atoms. The molecule has 1 aromatic heterocycles. The molecule has 0 radical (unpaired) electrons. The SMILES string of the molecule is CCC(C)C(CC)C(c1cc[nH]c1)C(C)CC. The van der Waals surface area contributed by atoms with Gasteiger partial charge >= 0.3 is 0 Å². The molecule has 4 atom stereocenters. The number of aromatic nitrogens is 1. The van der Waals surface area contributed by atoms with E-state index in [4.69, 9.17) is 0 Å². The Bertz CT molecular complexity index is 288. The maximum absolute atomic E-state index is 3.23. The van der Waals surface area contributed by atoms with Crippen molar-refractivity contribution >= 4 is 0 Å². The van der Waals surface area contributed by atoms with Gasteiger partial charge in [0, 0.05) is 12.4 Å². The molecule has 1 heterocycles. The fraction of sp³-hybridized carbons (Fsp3) is 0.750. The van der Waals surface area contributed by atoms with Crippen molar-refractivity contribution in [1.29, 1.82) is 0 Å². The topological polar surface area (TPSA) is 15.8 Å². The van der Waals surface area contributed by atoms with E-state index in [2.05, 4.69) is 58.1 Å². The van der Waals surface area contributed by atoms with Crippen molar-refractivity contribution in [2.45, 2.75) is 59.8 Å². The first kappa shape index (κ1) is 14.3. The van der Waals surface area contributed by atoms with E-state index in [-0.39, 0.29) is 0 Å². The zero-order valence-electron chi connectivity index (χ0n) is 12.2. The lowest BCUT2D eigenvalue weighted by Crippen LogP contribution is -2.24. The highest BCUT2D eigenvalue weighted by Crippen LogP contribution is 2.40. The van der Waals surface area contributed by atoms with Crippen molar-refractivity contribution in [2.24, 2.45) is 17.8 Å². The minimum Gasteiger partial charge on any atom is -0.367 e. The predicted molar refractivity (Wildman–Crippen MR) is 76.2 cm³/mol. The Labute approximate surface area is 107 Å². The molecule has 1 rings (SSSR count). The molecule has 0 bridgehead atoms. The average molecular weight is 235 g/mol. The van der Waals surface area contributed by atoms with Crippen LogP contribution < -0.4 is 0 Å². The molecule has 0 spiro atoms. The van der Waals surface area contributed by atoms with E-state index in [1.807, 2.05) is 0 Å². The third-order valence-corrected chi connectivity index (χ3v) is 4.57. The molecule has 1 heteroatoms. The predicted octanol–water partition coefficient (Wildman–Crippen LogP) is 5.22. The van der Waals surface area contributed by atoms with E-state index in [0.717, 1.165) is 17.8 Å². The summed E-state index contributed by atoms with van der Waals surface area (Å²) in [4.78, 5) is 3.23. The molecule has 0 saturated carbocycles. The molecule has 98 valence electrons. The summed E-state index contributed by atoms with van der Waals surface area (Å²) in [5.74, 6) is 3.11. The van der Waals surface area contributed by atoms with Gasteiger partial charge in [0.1, 0.15) is 0 Å². The van der Waals surface area contributed by atoms with E-state index < -0.39 is 0 Å². The smallest absolute Gasteiger partial charge is 0.00403 e. The van der Waals surface area contributed by atoms with Gasteiger partial charge in [-0.1, -0.05) is 53.9 Å². The second kappa shape index (κ2) is 6.88. The van der Waals surface area contributed by atoms with Gasteiger partial charge in [-0.05, 0) is 35.3 Å². The minimum absolute atomic E-state index is 0.714. The molecule has 1 nitrogen and oxygen atoms in total. The first-order valence-corrected chi connectivity index (χ1v) is 7.28. The van der Waals surface area contributed by atoms with Crippen molar-refractivity contribution in [3.05, 3.63) is 24.0 Å². The molecule has 1 N–H and O–H groups in total. The van der Waals surface area contributed by atoms with Gasteiger partial charge < -0.3 is 4.98 Å². The number of aromatic amines is 1. The highest BCUT2D eigenvalue weighted by Gasteiger charge is 2.29. The minimum atomic E-state index is 0.714. The summed E-state index contributed by atoms with van der Waals surface area (Å²) in [6.45, 7) is 11.8. The lowest BCUT2D eigenvalue weighted by molar-refractivity contribution is 0.228. The van der Waals surface area contributed by atoms with Crippen LogP contribution in [0.25, 0.3) is 0 Å². The molecule has 0 aliphatic heterocycles. The molecule has 0 fully saturated rings. The first-order valence-electron chi connectivity index (χ1n) is 7.28. The quantitative estimate of drug-likeness (QED) is 0.667. The highest BCUT2D eigenvalue weighted by atomic mass is 14.6. The fourth-order valence-corrected chi connectivity index (χ4v) is 3.11. The van der Waals surface area contributed by atoms with Crippen molar-refractivity contribution < 1.29 is 0 Å². The number of H-pyrrole nitrogens is 1. The molecular weight excluding hydrogens is 206 g/mol. The Morgan fingerprint density at radius 1 is 1.00 bits per heavy atom. The van der Waals surface area contributed by atoms with Gasteiger partial charge in [0.05, 0.1) is 0 Å². The molecule has 0 aliphatic rings. The molecule has 0 aromatic carbocycles. The molecule has 0 amide bonds. The maximum Gasteiger partial charge on any atom is 0.00403 e. The van der Waals surface area contributed by atoms with E-state index in [9.17, 15) is 0 Å². The Morgan fingerprint density at radius 2 is 1.65 bits per heavy atom. The molecular formula is C16H29N. The van der Waals surface area contributed by atoms with Gasteiger partial charge in [0.25, 0.3) is 0 Å². The van der Waals surface area contributed by atoms with Gasteiger partial charge in [-0.2, -0.15) is 0 Å². The lowest BCUT2D eigenvalue weighted by atomic mass is 9.70. The van der Waals surface area contributed by atoms with Crippen LogP contribution in [0.2, 0.25) is 0 Å². The molecule has 0 aliphatic carbocycles. The van der Waals surface area contributed by atoms with E-state index in [0.29, 0.717) is 5.92 Å². The average Bonchev–Trinajstić information content (AvgIpc) is 2.87.